The Labute approximate surface area is 152 Å². The van der Waals surface area contributed by atoms with Crippen LogP contribution in [0.4, 0.5) is 0 Å². The van der Waals surface area contributed by atoms with Gasteiger partial charge in [-0.1, -0.05) is 38.3 Å². The summed E-state index contributed by atoms with van der Waals surface area (Å²) < 4.78 is 0. The molecule has 0 nitrogen and oxygen atoms in total. The van der Waals surface area contributed by atoms with Gasteiger partial charge in [0.2, 0.25) is 0 Å². The molecule has 0 unspecified atom stereocenters. The first kappa shape index (κ1) is 17.0. The van der Waals surface area contributed by atoms with Crippen LogP contribution in [0.3, 0.4) is 0 Å². The number of fused-ring (bicyclic) bond motifs is 2. The van der Waals surface area contributed by atoms with Crippen molar-refractivity contribution >= 4 is 10.8 Å². The monoisotopic (exact) mass is 362 g/mol. The average Bonchev–Trinajstić information content (AvgIpc) is 3.14. The smallest absolute Gasteiger partial charge is 0.190 e. The van der Waals surface area contributed by atoms with Gasteiger partial charge in [0.1, 0.15) is 0 Å². The van der Waals surface area contributed by atoms with E-state index in [1.807, 2.05) is 6.07 Å². The number of rotatable bonds is 1. The maximum atomic E-state index is 3.18. The molecule has 0 spiro atoms. The van der Waals surface area contributed by atoms with Crippen molar-refractivity contribution in [2.45, 2.75) is 26.2 Å². The molecule has 0 radical (unpaired) electrons. The number of allylic oxidation sites excluding steroid dienone is 1. The van der Waals surface area contributed by atoms with E-state index in [2.05, 4.69) is 80.6 Å². The van der Waals surface area contributed by atoms with Crippen LogP contribution in [0, 0.1) is 6.08 Å². The van der Waals surface area contributed by atoms with Crippen LogP contribution in [0.25, 0.3) is 10.8 Å². The Morgan fingerprint density at radius 1 is 1.00 bits per heavy atom. The zero-order valence-corrected chi connectivity index (χ0v) is 15.6. The standard InChI is InChI=1S/C12H13.C9H7.Zr/c1-9(2)11-8-7-10-5-3-4-6-12(10)11;1-2-5-9-7-3-6-8(9)4-1;/h3-9H,1-2H3;1-5H,6H2;/q2*-1;+2. The average molecular weight is 364 g/mol. The van der Waals surface area contributed by atoms with Gasteiger partial charge in [0.15, 0.2) is 0 Å². The van der Waals surface area contributed by atoms with Gasteiger partial charge in [0, 0.05) is 0 Å². The summed E-state index contributed by atoms with van der Waals surface area (Å²) in [5.41, 5.74) is 4.13. The Morgan fingerprint density at radius 3 is 2.50 bits per heavy atom. The molecule has 0 fully saturated rings. The van der Waals surface area contributed by atoms with Crippen LogP contribution in [0.5, 0.6) is 0 Å². The van der Waals surface area contributed by atoms with Crippen LogP contribution in [0.2, 0.25) is 0 Å². The maximum absolute atomic E-state index is 3.18. The van der Waals surface area contributed by atoms with Crippen molar-refractivity contribution in [1.29, 1.82) is 0 Å². The molecule has 3 aromatic carbocycles. The molecule has 0 amide bonds. The Balaban J connectivity index is 0.000000159. The molecule has 0 heterocycles. The third-order valence-electron chi connectivity index (χ3n) is 3.93. The molecule has 3 aromatic rings. The molecule has 0 saturated carbocycles. The van der Waals surface area contributed by atoms with Crippen molar-refractivity contribution in [1.82, 2.24) is 0 Å². The molecule has 0 atom stereocenters. The van der Waals surface area contributed by atoms with Crippen molar-refractivity contribution in [3.05, 3.63) is 89.5 Å². The van der Waals surface area contributed by atoms with Gasteiger partial charge in [-0.25, -0.2) is 0 Å². The third kappa shape index (κ3) is 3.71. The second-order valence-corrected chi connectivity index (χ2v) is 5.74. The molecule has 0 bridgehead atoms. The topological polar surface area (TPSA) is 0 Å². The summed E-state index contributed by atoms with van der Waals surface area (Å²) in [6, 6.07) is 21.3. The van der Waals surface area contributed by atoms with Gasteiger partial charge in [0.05, 0.1) is 0 Å². The SMILES string of the molecule is CC(C)c1c[cH-]c2ccccc12.[C-]1=CCc2ccccc21.[Zr+2]. The molecule has 1 aliphatic carbocycles. The van der Waals surface area contributed by atoms with Crippen LogP contribution in [-0.2, 0) is 32.6 Å². The van der Waals surface area contributed by atoms with E-state index in [-0.39, 0.29) is 26.2 Å². The van der Waals surface area contributed by atoms with Crippen molar-refractivity contribution in [3.63, 3.8) is 0 Å². The molecule has 22 heavy (non-hydrogen) atoms. The van der Waals surface area contributed by atoms with Crippen molar-refractivity contribution < 1.29 is 26.2 Å². The largest absolute Gasteiger partial charge is 2.00 e. The summed E-state index contributed by atoms with van der Waals surface area (Å²) in [6.07, 6.45) is 6.31. The zero-order chi connectivity index (χ0) is 14.7. The molecule has 1 aliphatic rings. The van der Waals surface area contributed by atoms with Crippen molar-refractivity contribution in [2.75, 3.05) is 0 Å². The second kappa shape index (κ2) is 7.79. The summed E-state index contributed by atoms with van der Waals surface area (Å²) in [4.78, 5) is 0. The number of hydrogen-bond acceptors (Lipinski definition) is 0. The molecule has 108 valence electrons. The van der Waals surface area contributed by atoms with E-state index in [0.717, 1.165) is 6.42 Å². The normalized spacial score (nSPS) is 11.8. The first-order valence-electron chi connectivity index (χ1n) is 7.56. The quantitative estimate of drug-likeness (QED) is 0.492. The van der Waals surface area contributed by atoms with Crippen LogP contribution < -0.4 is 0 Å². The summed E-state index contributed by atoms with van der Waals surface area (Å²) >= 11 is 0. The molecule has 0 N–H and O–H groups in total. The fourth-order valence-corrected chi connectivity index (χ4v) is 2.79. The van der Waals surface area contributed by atoms with Crippen LogP contribution in [-0.4, -0.2) is 0 Å². The Hall–Kier alpha value is -1.33. The molecular weight excluding hydrogens is 343 g/mol. The Kier molecular flexibility index (Phi) is 6.03. The zero-order valence-electron chi connectivity index (χ0n) is 13.1. The van der Waals surface area contributed by atoms with E-state index in [4.69, 9.17) is 0 Å². The van der Waals surface area contributed by atoms with Gasteiger partial charge in [-0.2, -0.15) is 29.3 Å². The first-order chi connectivity index (χ1) is 10.3. The van der Waals surface area contributed by atoms with E-state index < -0.39 is 0 Å². The van der Waals surface area contributed by atoms with Gasteiger partial charge in [-0.05, 0) is 0 Å². The van der Waals surface area contributed by atoms with Crippen molar-refractivity contribution in [2.24, 2.45) is 0 Å². The maximum Gasteiger partial charge on any atom is 2.00 e. The number of benzene rings is 2. The molecule has 1 heteroatoms. The van der Waals surface area contributed by atoms with Gasteiger partial charge < -0.3 is 0 Å². The molecule has 0 aliphatic heterocycles. The van der Waals surface area contributed by atoms with E-state index in [1.165, 1.54) is 27.5 Å². The molecular formula is C21H20Zr. The minimum absolute atomic E-state index is 0. The summed E-state index contributed by atoms with van der Waals surface area (Å²) in [7, 11) is 0. The van der Waals surface area contributed by atoms with Crippen LogP contribution in [0.15, 0.2) is 66.7 Å². The van der Waals surface area contributed by atoms with E-state index in [0.29, 0.717) is 5.92 Å². The summed E-state index contributed by atoms with van der Waals surface area (Å²) in [5.74, 6) is 0.630. The van der Waals surface area contributed by atoms with Crippen LogP contribution >= 0.6 is 0 Å². The van der Waals surface area contributed by atoms with E-state index in [9.17, 15) is 0 Å². The minimum atomic E-state index is 0. The van der Waals surface area contributed by atoms with Crippen molar-refractivity contribution in [3.8, 4) is 0 Å². The fraction of sp³-hybridized carbons (Fsp3) is 0.190. The Bertz CT molecular complexity index is 762. The molecule has 0 saturated heterocycles. The number of hydrogen-bond donors (Lipinski definition) is 0. The summed E-state index contributed by atoms with van der Waals surface area (Å²) in [6.45, 7) is 4.48. The van der Waals surface area contributed by atoms with Gasteiger partial charge >= 0.3 is 26.2 Å². The minimum Gasteiger partial charge on any atom is -0.190 e. The predicted octanol–water partition coefficient (Wildman–Crippen LogP) is 5.63. The van der Waals surface area contributed by atoms with Gasteiger partial charge in [0.25, 0.3) is 0 Å². The van der Waals surface area contributed by atoms with Gasteiger partial charge in [-0.3, -0.25) is 0 Å². The summed E-state index contributed by atoms with van der Waals surface area (Å²) in [5, 5.41) is 2.77. The third-order valence-corrected chi connectivity index (χ3v) is 3.93. The first-order valence-corrected chi connectivity index (χ1v) is 7.56. The fourth-order valence-electron chi connectivity index (χ4n) is 2.79. The molecule has 0 aromatic heterocycles. The van der Waals surface area contributed by atoms with E-state index in [1.54, 1.807) is 0 Å². The predicted molar refractivity (Wildman–Crippen MR) is 90.7 cm³/mol. The van der Waals surface area contributed by atoms with Gasteiger partial charge in [-0.15, -0.1) is 58.8 Å². The molecule has 4 rings (SSSR count). The van der Waals surface area contributed by atoms with Crippen LogP contribution in [0.1, 0.15) is 36.5 Å². The second-order valence-electron chi connectivity index (χ2n) is 5.74. The van der Waals surface area contributed by atoms with E-state index >= 15 is 0 Å². The Morgan fingerprint density at radius 2 is 1.73 bits per heavy atom.